The van der Waals surface area contributed by atoms with Gasteiger partial charge in [-0.2, -0.15) is 0 Å². The Morgan fingerprint density at radius 2 is 0.836 bits per heavy atom. The van der Waals surface area contributed by atoms with Gasteiger partial charge >= 0.3 is 0 Å². The summed E-state index contributed by atoms with van der Waals surface area (Å²) >= 11 is 0. The van der Waals surface area contributed by atoms with Crippen LogP contribution in [0.25, 0.3) is 111 Å². The summed E-state index contributed by atoms with van der Waals surface area (Å²) in [6.07, 6.45) is 0. The topological polar surface area (TPSA) is 51.8 Å². The van der Waals surface area contributed by atoms with Crippen molar-refractivity contribution in [3.63, 3.8) is 0 Å². The summed E-state index contributed by atoms with van der Waals surface area (Å²) in [6, 6.07) is 66.0. The number of aromatic nitrogens is 3. The third kappa shape index (κ3) is 5.34. The lowest BCUT2D eigenvalue weighted by Gasteiger charge is -2.13. The maximum atomic E-state index is 6.45. The summed E-state index contributed by atoms with van der Waals surface area (Å²) in [5, 5.41) is 9.39. The van der Waals surface area contributed by atoms with Crippen molar-refractivity contribution < 1.29 is 4.42 Å². The fourth-order valence-electron chi connectivity index (χ4n) is 7.95. The average molecular weight is 702 g/mol. The van der Waals surface area contributed by atoms with Crippen molar-refractivity contribution in [2.75, 3.05) is 0 Å². The minimum Gasteiger partial charge on any atom is -0.455 e. The molecule has 0 unspecified atom stereocenters. The summed E-state index contributed by atoms with van der Waals surface area (Å²) in [4.78, 5) is 15.4. The lowest BCUT2D eigenvalue weighted by Crippen LogP contribution is -2.01. The highest BCUT2D eigenvalue weighted by Gasteiger charge is 2.19. The van der Waals surface area contributed by atoms with Gasteiger partial charge in [-0.3, -0.25) is 0 Å². The number of furan rings is 1. The SMILES string of the molecule is c1ccc(-c2nc(-c3ccccc3-c3ccc4ccc5ccc(-c6ccc7ccccc7c6)cc5c4c3)nc(-c3cccc4c3oc3ccccc34)n2)cc1. The van der Waals surface area contributed by atoms with Crippen LogP contribution in [-0.4, -0.2) is 15.0 Å². The van der Waals surface area contributed by atoms with E-state index in [2.05, 4.69) is 127 Å². The number of benzene rings is 9. The molecule has 11 aromatic rings. The molecule has 0 radical (unpaired) electrons. The number of hydrogen-bond acceptors (Lipinski definition) is 4. The molecule has 0 aliphatic heterocycles. The minimum atomic E-state index is 0.564. The molecule has 2 heterocycles. The number of rotatable bonds is 5. The quantitative estimate of drug-likeness (QED) is 0.168. The molecule has 0 fully saturated rings. The zero-order valence-corrected chi connectivity index (χ0v) is 29.6. The van der Waals surface area contributed by atoms with E-state index < -0.39 is 0 Å². The van der Waals surface area contributed by atoms with Crippen LogP contribution in [0.5, 0.6) is 0 Å². The summed E-state index contributed by atoms with van der Waals surface area (Å²) in [5.41, 5.74) is 8.81. The van der Waals surface area contributed by atoms with Crippen LogP contribution in [0.3, 0.4) is 0 Å². The van der Waals surface area contributed by atoms with E-state index in [1.54, 1.807) is 0 Å². The van der Waals surface area contributed by atoms with Crippen molar-refractivity contribution in [1.29, 1.82) is 0 Å². The molecule has 0 amide bonds. The predicted molar refractivity (Wildman–Crippen MR) is 227 cm³/mol. The van der Waals surface area contributed by atoms with Gasteiger partial charge < -0.3 is 4.42 Å². The molecule has 0 aliphatic rings. The summed E-state index contributed by atoms with van der Waals surface area (Å²) < 4.78 is 6.45. The van der Waals surface area contributed by atoms with Crippen LogP contribution in [0, 0.1) is 0 Å². The van der Waals surface area contributed by atoms with E-state index in [1.165, 1.54) is 43.4 Å². The van der Waals surface area contributed by atoms with Gasteiger partial charge in [-0.25, -0.2) is 15.0 Å². The fourth-order valence-corrected chi connectivity index (χ4v) is 7.95. The molecule has 0 aliphatic carbocycles. The Hall–Kier alpha value is -7.43. The van der Waals surface area contributed by atoms with E-state index in [-0.39, 0.29) is 0 Å². The first kappa shape index (κ1) is 31.1. The number of fused-ring (bicyclic) bond motifs is 7. The normalized spacial score (nSPS) is 11.6. The van der Waals surface area contributed by atoms with E-state index in [4.69, 9.17) is 19.4 Å². The summed E-state index contributed by atoms with van der Waals surface area (Å²) in [7, 11) is 0. The van der Waals surface area contributed by atoms with Gasteiger partial charge in [0.25, 0.3) is 0 Å². The molecule has 55 heavy (non-hydrogen) atoms. The highest BCUT2D eigenvalue weighted by atomic mass is 16.3. The Kier molecular flexibility index (Phi) is 7.14. The molecular weight excluding hydrogens is 671 g/mol. The van der Waals surface area contributed by atoms with Gasteiger partial charge in [-0.15, -0.1) is 0 Å². The summed E-state index contributed by atoms with van der Waals surface area (Å²) in [5.74, 6) is 1.77. The van der Waals surface area contributed by atoms with Crippen molar-refractivity contribution >= 4 is 54.3 Å². The van der Waals surface area contributed by atoms with Crippen LogP contribution in [-0.2, 0) is 0 Å². The second-order valence-electron chi connectivity index (χ2n) is 14.0. The highest BCUT2D eigenvalue weighted by molar-refractivity contribution is 6.11. The van der Waals surface area contributed by atoms with Crippen LogP contribution in [0.4, 0.5) is 0 Å². The standard InChI is InChI=1S/C51H31N3O/c1-2-12-35(13-3-1)49-52-50(54-51(53-49)44-19-10-18-42-41-16-8-9-20-47(41)55-48(42)44)43-17-7-6-15-40(43)39-28-25-34-23-22-33-24-27-38(30-45(33)46(34)31-39)37-26-21-32-11-4-5-14-36(32)29-37/h1-31H. The minimum absolute atomic E-state index is 0.564. The third-order valence-electron chi connectivity index (χ3n) is 10.7. The Labute approximate surface area is 317 Å². The molecule has 0 atom stereocenters. The van der Waals surface area contributed by atoms with Gasteiger partial charge in [0, 0.05) is 21.9 Å². The molecule has 9 aromatic carbocycles. The highest BCUT2D eigenvalue weighted by Crippen LogP contribution is 2.39. The van der Waals surface area contributed by atoms with Crippen molar-refractivity contribution in [2.24, 2.45) is 0 Å². The van der Waals surface area contributed by atoms with E-state index in [0.717, 1.165) is 49.8 Å². The first-order valence-corrected chi connectivity index (χ1v) is 18.5. The zero-order chi connectivity index (χ0) is 36.3. The molecule has 2 aromatic heterocycles. The average Bonchev–Trinajstić information content (AvgIpc) is 3.65. The first-order valence-electron chi connectivity index (χ1n) is 18.5. The third-order valence-corrected chi connectivity index (χ3v) is 10.7. The monoisotopic (exact) mass is 701 g/mol. The molecule has 0 saturated heterocycles. The summed E-state index contributed by atoms with van der Waals surface area (Å²) in [6.45, 7) is 0. The second-order valence-corrected chi connectivity index (χ2v) is 14.0. The molecule has 0 spiro atoms. The Morgan fingerprint density at radius 3 is 1.65 bits per heavy atom. The van der Waals surface area contributed by atoms with Crippen LogP contribution in [0.1, 0.15) is 0 Å². The molecule has 256 valence electrons. The van der Waals surface area contributed by atoms with E-state index in [1.807, 2.05) is 60.7 Å². The zero-order valence-electron chi connectivity index (χ0n) is 29.6. The molecule has 0 bridgehead atoms. The number of nitrogens with zero attached hydrogens (tertiary/aromatic N) is 3. The molecule has 4 nitrogen and oxygen atoms in total. The van der Waals surface area contributed by atoms with Gasteiger partial charge in [-0.1, -0.05) is 158 Å². The molecule has 0 N–H and O–H groups in total. The largest absolute Gasteiger partial charge is 0.455 e. The number of para-hydroxylation sites is 2. The fraction of sp³-hybridized carbons (Fsp3) is 0. The van der Waals surface area contributed by atoms with Gasteiger partial charge in [0.1, 0.15) is 11.2 Å². The maximum Gasteiger partial charge on any atom is 0.167 e. The first-order chi connectivity index (χ1) is 27.2. The van der Waals surface area contributed by atoms with E-state index >= 15 is 0 Å². The van der Waals surface area contributed by atoms with Crippen molar-refractivity contribution in [1.82, 2.24) is 15.0 Å². The van der Waals surface area contributed by atoms with E-state index in [9.17, 15) is 0 Å². The lowest BCUT2D eigenvalue weighted by molar-refractivity contribution is 0.669. The Balaban J connectivity index is 1.08. The molecule has 0 saturated carbocycles. The van der Waals surface area contributed by atoms with E-state index in [0.29, 0.717) is 17.5 Å². The smallest absolute Gasteiger partial charge is 0.167 e. The van der Waals surface area contributed by atoms with Crippen LogP contribution in [0.15, 0.2) is 192 Å². The maximum absolute atomic E-state index is 6.45. The van der Waals surface area contributed by atoms with Crippen LogP contribution in [0.2, 0.25) is 0 Å². The van der Waals surface area contributed by atoms with Crippen molar-refractivity contribution in [3.8, 4) is 56.4 Å². The van der Waals surface area contributed by atoms with Gasteiger partial charge in [0.05, 0.1) is 5.56 Å². The predicted octanol–water partition coefficient (Wildman–Crippen LogP) is 13.6. The molecule has 4 heteroatoms. The van der Waals surface area contributed by atoms with Gasteiger partial charge in [0.15, 0.2) is 17.5 Å². The Morgan fingerprint density at radius 1 is 0.291 bits per heavy atom. The van der Waals surface area contributed by atoms with Crippen LogP contribution >= 0.6 is 0 Å². The van der Waals surface area contributed by atoms with Crippen LogP contribution < -0.4 is 0 Å². The molecular formula is C51H31N3O. The second kappa shape index (κ2) is 12.6. The van der Waals surface area contributed by atoms with Gasteiger partial charge in [-0.05, 0) is 84.9 Å². The van der Waals surface area contributed by atoms with Crippen molar-refractivity contribution in [2.45, 2.75) is 0 Å². The number of hydrogen-bond donors (Lipinski definition) is 0. The lowest BCUT2D eigenvalue weighted by atomic mass is 9.93. The van der Waals surface area contributed by atoms with Crippen molar-refractivity contribution in [3.05, 3.63) is 188 Å². The Bertz CT molecular complexity index is 3270. The van der Waals surface area contributed by atoms with Gasteiger partial charge in [0.2, 0.25) is 0 Å². The molecule has 11 rings (SSSR count).